The van der Waals surface area contributed by atoms with Gasteiger partial charge >= 0.3 is 6.18 Å². The Labute approximate surface area is 212 Å². The molecule has 0 radical (unpaired) electrons. The standard InChI is InChI=1S/C26H25F4N3O3S/c1-17(20-9-13-23(21(27)16-20)33-37(2,35)36)31-25(34)15-11-19-10-14-24(26(28,29)30)32-22(19)12-8-18-6-4-3-5-7-18/h3-7,9-11,13-17,33H,8,12H2,1-2H3,(H,31,34)/t17-/m1/s1. The summed E-state index contributed by atoms with van der Waals surface area (Å²) in [7, 11) is -3.66. The fourth-order valence-corrected chi connectivity index (χ4v) is 4.09. The van der Waals surface area contributed by atoms with E-state index in [9.17, 15) is 30.8 Å². The number of rotatable bonds is 9. The molecule has 0 fully saturated rings. The number of halogens is 4. The highest BCUT2D eigenvalue weighted by atomic mass is 32.2. The van der Waals surface area contributed by atoms with Crippen molar-refractivity contribution in [2.75, 3.05) is 11.0 Å². The minimum atomic E-state index is -4.60. The van der Waals surface area contributed by atoms with E-state index < -0.39 is 39.7 Å². The van der Waals surface area contributed by atoms with Gasteiger partial charge in [0.15, 0.2) is 0 Å². The average Bonchev–Trinajstić information content (AvgIpc) is 2.82. The van der Waals surface area contributed by atoms with E-state index in [1.54, 1.807) is 6.92 Å². The van der Waals surface area contributed by atoms with Gasteiger partial charge in [0.1, 0.15) is 11.5 Å². The van der Waals surface area contributed by atoms with E-state index in [4.69, 9.17) is 0 Å². The monoisotopic (exact) mass is 535 g/mol. The van der Waals surface area contributed by atoms with Crippen molar-refractivity contribution in [2.24, 2.45) is 0 Å². The molecule has 6 nitrogen and oxygen atoms in total. The number of nitrogens with zero attached hydrogens (tertiary/aromatic N) is 1. The molecular formula is C26H25F4N3O3S. The van der Waals surface area contributed by atoms with Crippen LogP contribution < -0.4 is 10.0 Å². The molecule has 0 saturated carbocycles. The lowest BCUT2D eigenvalue weighted by atomic mass is 10.0. The van der Waals surface area contributed by atoms with Crippen LogP contribution in [0.25, 0.3) is 6.08 Å². The number of hydrogen-bond acceptors (Lipinski definition) is 4. The van der Waals surface area contributed by atoms with Crippen LogP contribution >= 0.6 is 0 Å². The number of aryl methyl sites for hydroxylation is 2. The first-order valence-electron chi connectivity index (χ1n) is 11.2. The Kier molecular flexibility index (Phi) is 8.69. The lowest BCUT2D eigenvalue weighted by molar-refractivity contribution is -0.141. The fourth-order valence-electron chi connectivity index (χ4n) is 3.52. The first-order chi connectivity index (χ1) is 17.3. The number of pyridine rings is 1. The summed E-state index contributed by atoms with van der Waals surface area (Å²) < 4.78 is 78.6. The summed E-state index contributed by atoms with van der Waals surface area (Å²) in [6.45, 7) is 1.61. The molecule has 1 aromatic heterocycles. The van der Waals surface area contributed by atoms with Crippen molar-refractivity contribution in [1.29, 1.82) is 0 Å². The number of amides is 1. The van der Waals surface area contributed by atoms with Crippen LogP contribution in [0, 0.1) is 5.82 Å². The van der Waals surface area contributed by atoms with E-state index in [2.05, 4.69) is 15.0 Å². The van der Waals surface area contributed by atoms with E-state index in [-0.39, 0.29) is 17.8 Å². The maximum Gasteiger partial charge on any atom is 0.433 e. The molecule has 37 heavy (non-hydrogen) atoms. The molecule has 196 valence electrons. The van der Waals surface area contributed by atoms with Crippen molar-refractivity contribution < 1.29 is 30.8 Å². The molecule has 0 aliphatic carbocycles. The van der Waals surface area contributed by atoms with Gasteiger partial charge in [0.05, 0.1) is 18.0 Å². The van der Waals surface area contributed by atoms with Crippen LogP contribution in [0.1, 0.15) is 41.0 Å². The minimum absolute atomic E-state index is 0.201. The first-order valence-corrected chi connectivity index (χ1v) is 13.1. The molecule has 2 aromatic carbocycles. The quantitative estimate of drug-likeness (QED) is 0.288. The zero-order valence-corrected chi connectivity index (χ0v) is 20.8. The van der Waals surface area contributed by atoms with Crippen molar-refractivity contribution in [1.82, 2.24) is 10.3 Å². The molecule has 1 atom stereocenters. The van der Waals surface area contributed by atoms with E-state index in [0.29, 0.717) is 17.5 Å². The van der Waals surface area contributed by atoms with Gasteiger partial charge in [-0.2, -0.15) is 13.2 Å². The summed E-state index contributed by atoms with van der Waals surface area (Å²) in [5.74, 6) is -1.36. The molecule has 0 spiro atoms. The van der Waals surface area contributed by atoms with Crippen molar-refractivity contribution in [3.63, 3.8) is 0 Å². The van der Waals surface area contributed by atoms with Crippen molar-refractivity contribution >= 4 is 27.7 Å². The van der Waals surface area contributed by atoms with E-state index in [1.807, 2.05) is 30.3 Å². The molecule has 3 aromatic rings. The highest BCUT2D eigenvalue weighted by Gasteiger charge is 2.32. The molecule has 0 bridgehead atoms. The number of aromatic nitrogens is 1. The summed E-state index contributed by atoms with van der Waals surface area (Å²) in [5.41, 5.74) is 0.663. The number of alkyl halides is 3. The molecule has 2 N–H and O–H groups in total. The largest absolute Gasteiger partial charge is 0.433 e. The second-order valence-corrected chi connectivity index (χ2v) is 10.1. The van der Waals surface area contributed by atoms with Crippen LogP contribution in [0.3, 0.4) is 0 Å². The predicted octanol–water partition coefficient (Wildman–Crippen LogP) is 5.29. The molecule has 1 heterocycles. The number of nitrogens with one attached hydrogen (secondary N) is 2. The number of carbonyl (C=O) groups is 1. The number of hydrogen-bond donors (Lipinski definition) is 2. The van der Waals surface area contributed by atoms with Gasteiger partial charge in [-0.3, -0.25) is 9.52 Å². The van der Waals surface area contributed by atoms with Crippen molar-refractivity contribution in [3.8, 4) is 0 Å². The van der Waals surface area contributed by atoms with Gasteiger partial charge in [0.2, 0.25) is 15.9 Å². The highest BCUT2D eigenvalue weighted by Crippen LogP contribution is 2.29. The lowest BCUT2D eigenvalue weighted by Crippen LogP contribution is -2.24. The average molecular weight is 536 g/mol. The molecule has 11 heteroatoms. The number of carbonyl (C=O) groups excluding carboxylic acids is 1. The topological polar surface area (TPSA) is 88.2 Å². The van der Waals surface area contributed by atoms with Crippen molar-refractivity contribution in [2.45, 2.75) is 32.0 Å². The minimum Gasteiger partial charge on any atom is -0.346 e. The summed E-state index contributed by atoms with van der Waals surface area (Å²) in [4.78, 5) is 16.3. The molecule has 0 unspecified atom stereocenters. The maximum atomic E-state index is 14.3. The SMILES string of the molecule is C[C@@H](NC(=O)C=Cc1ccc(C(F)(F)F)nc1CCc1ccccc1)c1ccc(NS(C)(=O)=O)c(F)c1. The number of benzene rings is 2. The van der Waals surface area contributed by atoms with Gasteiger partial charge in [-0.25, -0.2) is 17.8 Å². The van der Waals surface area contributed by atoms with Gasteiger partial charge in [-0.05, 0) is 60.7 Å². The summed E-state index contributed by atoms with van der Waals surface area (Å²) in [6.07, 6.45) is -0.446. The third kappa shape index (κ3) is 8.42. The Hall–Kier alpha value is -3.73. The van der Waals surface area contributed by atoms with E-state index in [1.165, 1.54) is 30.4 Å². The summed E-state index contributed by atoms with van der Waals surface area (Å²) in [5, 5.41) is 2.64. The highest BCUT2D eigenvalue weighted by molar-refractivity contribution is 7.92. The normalized spacial score (nSPS) is 12.9. The Morgan fingerprint density at radius 3 is 2.38 bits per heavy atom. The molecule has 0 aliphatic rings. The van der Waals surface area contributed by atoms with Gasteiger partial charge < -0.3 is 5.32 Å². The molecular weight excluding hydrogens is 510 g/mol. The van der Waals surface area contributed by atoms with Crippen LogP contribution in [0.4, 0.5) is 23.2 Å². The number of sulfonamides is 1. The van der Waals surface area contributed by atoms with Gasteiger partial charge in [-0.15, -0.1) is 0 Å². The molecule has 0 aliphatic heterocycles. The van der Waals surface area contributed by atoms with Crippen LogP contribution in [0.15, 0.2) is 66.7 Å². The lowest BCUT2D eigenvalue weighted by Gasteiger charge is -2.15. The van der Waals surface area contributed by atoms with Crippen molar-refractivity contribution in [3.05, 3.63) is 101 Å². The smallest absolute Gasteiger partial charge is 0.346 e. The third-order valence-corrected chi connectivity index (χ3v) is 5.95. The Bertz CT molecular complexity index is 1390. The molecule has 3 rings (SSSR count). The van der Waals surface area contributed by atoms with Crippen LogP contribution in [0.5, 0.6) is 0 Å². The first kappa shape index (κ1) is 27.9. The Morgan fingerprint density at radius 2 is 1.76 bits per heavy atom. The molecule has 0 saturated heterocycles. The Morgan fingerprint density at radius 1 is 1.05 bits per heavy atom. The second kappa shape index (κ2) is 11.5. The zero-order valence-electron chi connectivity index (χ0n) is 20.0. The number of anilines is 1. The van der Waals surface area contributed by atoms with Gasteiger partial charge in [0, 0.05) is 11.8 Å². The van der Waals surface area contributed by atoms with Crippen LogP contribution in [0.2, 0.25) is 0 Å². The molecule has 1 amide bonds. The maximum absolute atomic E-state index is 14.3. The second-order valence-electron chi connectivity index (χ2n) is 8.39. The van der Waals surface area contributed by atoms with Crippen LogP contribution in [-0.4, -0.2) is 25.6 Å². The fraction of sp³-hybridized carbons (Fsp3) is 0.231. The van der Waals surface area contributed by atoms with E-state index >= 15 is 0 Å². The van der Waals surface area contributed by atoms with Crippen LogP contribution in [-0.2, 0) is 33.8 Å². The predicted molar refractivity (Wildman–Crippen MR) is 134 cm³/mol. The zero-order chi connectivity index (χ0) is 27.2. The summed E-state index contributed by atoms with van der Waals surface area (Å²) >= 11 is 0. The van der Waals surface area contributed by atoms with E-state index in [0.717, 1.165) is 24.0 Å². The third-order valence-electron chi connectivity index (χ3n) is 5.35. The van der Waals surface area contributed by atoms with Gasteiger partial charge in [-0.1, -0.05) is 42.5 Å². The van der Waals surface area contributed by atoms with Gasteiger partial charge in [0.25, 0.3) is 0 Å². The Balaban J connectivity index is 1.73. The summed E-state index contributed by atoms with van der Waals surface area (Å²) in [6, 6.07) is 14.6.